The Morgan fingerprint density at radius 2 is 2.06 bits per heavy atom. The number of aromatic nitrogens is 2. The third-order valence-electron chi connectivity index (χ3n) is 1.81. The summed E-state index contributed by atoms with van der Waals surface area (Å²) in [6, 6.07) is 1.48. The average molecular weight is 249 g/mol. The Kier molecular flexibility index (Phi) is 4.53. The fraction of sp³-hybridized carbons (Fsp3) is 0.600. The van der Waals surface area contributed by atoms with Crippen LogP contribution in [0.15, 0.2) is 6.07 Å². The molecule has 0 bridgehead atoms. The van der Waals surface area contributed by atoms with Crippen LogP contribution in [0.3, 0.4) is 0 Å². The van der Waals surface area contributed by atoms with Gasteiger partial charge in [0.2, 0.25) is 5.88 Å². The Balaban J connectivity index is 2.58. The van der Waals surface area contributed by atoms with Crippen molar-refractivity contribution in [1.82, 2.24) is 9.97 Å². The van der Waals surface area contributed by atoms with Crippen molar-refractivity contribution in [2.45, 2.75) is 26.4 Å². The van der Waals surface area contributed by atoms with Crippen LogP contribution in [0.5, 0.6) is 5.88 Å². The van der Waals surface area contributed by atoms with Gasteiger partial charge in [0.15, 0.2) is 0 Å². The number of ether oxygens (including phenoxy) is 1. The summed E-state index contributed by atoms with van der Waals surface area (Å²) in [7, 11) is 0. The molecule has 0 aliphatic rings. The Bertz CT molecular complexity index is 368. The van der Waals surface area contributed by atoms with E-state index in [-0.39, 0.29) is 5.88 Å². The highest BCUT2D eigenvalue weighted by molar-refractivity contribution is 5.38. The Morgan fingerprint density at radius 1 is 1.35 bits per heavy atom. The quantitative estimate of drug-likeness (QED) is 0.871. The summed E-state index contributed by atoms with van der Waals surface area (Å²) in [4.78, 5) is 7.95. The number of nitrogens with one attached hydrogen (secondary N) is 1. The molecule has 1 N–H and O–H groups in total. The first-order chi connectivity index (χ1) is 7.90. The molecule has 1 rings (SSSR count). The summed E-state index contributed by atoms with van der Waals surface area (Å²) in [5, 5.41) is 2.94. The molecule has 0 atom stereocenters. The average Bonchev–Trinajstić information content (AvgIpc) is 2.15. The molecular weight excluding hydrogens is 235 g/mol. The molecule has 17 heavy (non-hydrogen) atoms. The third-order valence-corrected chi connectivity index (χ3v) is 1.81. The van der Waals surface area contributed by atoms with Gasteiger partial charge >= 0.3 is 6.18 Å². The van der Waals surface area contributed by atoms with Crippen molar-refractivity contribution in [2.75, 3.05) is 18.5 Å². The first kappa shape index (κ1) is 13.5. The van der Waals surface area contributed by atoms with Crippen LogP contribution >= 0.6 is 0 Å². The van der Waals surface area contributed by atoms with Gasteiger partial charge in [-0.15, -0.1) is 0 Å². The summed E-state index contributed by atoms with van der Waals surface area (Å²) in [6.45, 7) is 3.77. The summed E-state index contributed by atoms with van der Waals surface area (Å²) >= 11 is 0. The molecule has 4 nitrogen and oxygen atoms in total. The van der Waals surface area contributed by atoms with Crippen LogP contribution in [0.1, 0.15) is 19.2 Å². The molecule has 1 aromatic rings. The highest BCUT2D eigenvalue weighted by atomic mass is 19.4. The largest absolute Gasteiger partial charge is 0.477 e. The molecule has 0 fully saturated rings. The zero-order valence-electron chi connectivity index (χ0n) is 9.64. The maximum Gasteiger partial charge on any atom is 0.392 e. The van der Waals surface area contributed by atoms with Crippen molar-refractivity contribution in [1.29, 1.82) is 0 Å². The van der Waals surface area contributed by atoms with Crippen LogP contribution in [0, 0.1) is 6.92 Å². The van der Waals surface area contributed by atoms with Gasteiger partial charge in [-0.3, -0.25) is 0 Å². The molecule has 1 heterocycles. The van der Waals surface area contributed by atoms with Crippen LogP contribution in [0.25, 0.3) is 0 Å². The van der Waals surface area contributed by atoms with Gasteiger partial charge in [-0.1, -0.05) is 0 Å². The maximum atomic E-state index is 11.9. The standard InChI is InChI=1S/C10H14F3N3O/c1-3-14-8-6-9(16-7(2)15-8)17-5-4-10(11,12)13/h6H,3-5H2,1-2H3,(H,14,15,16). The van der Waals surface area contributed by atoms with Gasteiger partial charge in [-0.2, -0.15) is 18.2 Å². The van der Waals surface area contributed by atoms with E-state index >= 15 is 0 Å². The molecule has 0 saturated carbocycles. The van der Waals surface area contributed by atoms with Gasteiger partial charge in [0, 0.05) is 12.6 Å². The Hall–Kier alpha value is -1.53. The number of hydrogen-bond acceptors (Lipinski definition) is 4. The van der Waals surface area contributed by atoms with E-state index in [1.165, 1.54) is 6.07 Å². The van der Waals surface area contributed by atoms with E-state index in [1.54, 1.807) is 6.92 Å². The number of nitrogens with zero attached hydrogens (tertiary/aromatic N) is 2. The number of halogens is 3. The predicted octanol–water partition coefficient (Wildman–Crippen LogP) is 2.55. The van der Waals surface area contributed by atoms with E-state index in [9.17, 15) is 13.2 Å². The molecule has 0 aromatic carbocycles. The molecule has 0 spiro atoms. The topological polar surface area (TPSA) is 47.0 Å². The molecule has 1 aromatic heterocycles. The molecule has 0 aliphatic heterocycles. The number of alkyl halides is 3. The lowest BCUT2D eigenvalue weighted by atomic mass is 10.4. The van der Waals surface area contributed by atoms with E-state index in [0.29, 0.717) is 18.2 Å². The van der Waals surface area contributed by atoms with Gasteiger partial charge in [-0.25, -0.2) is 4.98 Å². The zero-order valence-corrected chi connectivity index (χ0v) is 9.64. The van der Waals surface area contributed by atoms with Gasteiger partial charge in [0.1, 0.15) is 11.6 Å². The van der Waals surface area contributed by atoms with Gasteiger partial charge in [0.05, 0.1) is 13.0 Å². The van der Waals surface area contributed by atoms with Crippen molar-refractivity contribution >= 4 is 5.82 Å². The number of aryl methyl sites for hydroxylation is 1. The number of rotatable bonds is 5. The van der Waals surface area contributed by atoms with Crippen molar-refractivity contribution in [2.24, 2.45) is 0 Å². The van der Waals surface area contributed by atoms with Crippen molar-refractivity contribution in [3.05, 3.63) is 11.9 Å². The zero-order chi connectivity index (χ0) is 12.9. The van der Waals surface area contributed by atoms with E-state index in [0.717, 1.165) is 0 Å². The second-order valence-electron chi connectivity index (χ2n) is 3.38. The van der Waals surface area contributed by atoms with E-state index in [1.807, 2.05) is 6.92 Å². The summed E-state index contributed by atoms with van der Waals surface area (Å²) < 4.78 is 40.7. The molecule has 0 amide bonds. The smallest absolute Gasteiger partial charge is 0.392 e. The lowest BCUT2D eigenvalue weighted by Gasteiger charge is -2.09. The van der Waals surface area contributed by atoms with Gasteiger partial charge in [-0.05, 0) is 13.8 Å². The van der Waals surface area contributed by atoms with Crippen molar-refractivity contribution in [3.8, 4) is 5.88 Å². The maximum absolute atomic E-state index is 11.9. The molecule has 0 saturated heterocycles. The van der Waals surface area contributed by atoms with Gasteiger partial charge < -0.3 is 10.1 Å². The van der Waals surface area contributed by atoms with Gasteiger partial charge in [0.25, 0.3) is 0 Å². The van der Waals surface area contributed by atoms with E-state index < -0.39 is 19.2 Å². The first-order valence-electron chi connectivity index (χ1n) is 5.20. The van der Waals surface area contributed by atoms with Crippen LogP contribution < -0.4 is 10.1 Å². The lowest BCUT2D eigenvalue weighted by Crippen LogP contribution is -2.14. The fourth-order valence-electron chi connectivity index (χ4n) is 1.16. The minimum atomic E-state index is -4.22. The minimum Gasteiger partial charge on any atom is -0.477 e. The minimum absolute atomic E-state index is 0.151. The van der Waals surface area contributed by atoms with Crippen LogP contribution in [0.2, 0.25) is 0 Å². The van der Waals surface area contributed by atoms with E-state index in [4.69, 9.17) is 4.74 Å². The molecular formula is C10H14F3N3O. The SMILES string of the molecule is CCNc1cc(OCCC(F)(F)F)nc(C)n1. The van der Waals surface area contributed by atoms with Crippen molar-refractivity contribution < 1.29 is 17.9 Å². The van der Waals surface area contributed by atoms with Crippen LogP contribution in [0.4, 0.5) is 19.0 Å². The van der Waals surface area contributed by atoms with E-state index in [2.05, 4.69) is 15.3 Å². The summed E-state index contributed by atoms with van der Waals surface area (Å²) in [5.41, 5.74) is 0. The lowest BCUT2D eigenvalue weighted by molar-refractivity contribution is -0.139. The number of anilines is 1. The fourth-order valence-corrected chi connectivity index (χ4v) is 1.16. The molecule has 0 radical (unpaired) electrons. The highest BCUT2D eigenvalue weighted by Crippen LogP contribution is 2.20. The second kappa shape index (κ2) is 5.70. The van der Waals surface area contributed by atoms with Crippen LogP contribution in [-0.2, 0) is 0 Å². The summed E-state index contributed by atoms with van der Waals surface area (Å²) in [5.74, 6) is 1.14. The van der Waals surface area contributed by atoms with Crippen LogP contribution in [-0.4, -0.2) is 29.3 Å². The normalized spacial score (nSPS) is 11.4. The predicted molar refractivity (Wildman–Crippen MR) is 57.1 cm³/mol. The Morgan fingerprint density at radius 3 is 2.65 bits per heavy atom. The molecule has 0 unspecified atom stereocenters. The highest BCUT2D eigenvalue weighted by Gasteiger charge is 2.26. The number of hydrogen-bond donors (Lipinski definition) is 1. The molecule has 7 heteroatoms. The third kappa shape index (κ3) is 5.37. The second-order valence-corrected chi connectivity index (χ2v) is 3.38. The first-order valence-corrected chi connectivity index (χ1v) is 5.20. The summed E-state index contributed by atoms with van der Waals surface area (Å²) in [6.07, 6.45) is -5.21. The van der Waals surface area contributed by atoms with Crippen molar-refractivity contribution in [3.63, 3.8) is 0 Å². The monoisotopic (exact) mass is 249 g/mol. The Labute approximate surface area is 97.2 Å². The molecule has 0 aliphatic carbocycles. The molecule has 96 valence electrons.